The van der Waals surface area contributed by atoms with Crippen molar-refractivity contribution in [2.75, 3.05) is 11.5 Å². The number of carboxylic acids is 1. The molecule has 0 saturated carbocycles. The number of nitrogens with two attached hydrogens (primary N) is 1. The van der Waals surface area contributed by atoms with Crippen LogP contribution in [0.4, 0.5) is 0 Å². The minimum atomic E-state index is -2.78. The Morgan fingerprint density at radius 2 is 1.89 bits per heavy atom. The molecule has 1 heterocycles. The van der Waals surface area contributed by atoms with Gasteiger partial charge >= 0.3 is 51.4 Å². The summed E-state index contributed by atoms with van der Waals surface area (Å²) in [7, 11) is -2.78. The molecule has 0 amide bonds. The van der Waals surface area contributed by atoms with Crippen molar-refractivity contribution < 1.29 is 69.7 Å². The molecule has 0 aromatic rings. The third-order valence-corrected chi connectivity index (χ3v) is 4.69. The van der Waals surface area contributed by atoms with E-state index in [9.17, 15) is 18.3 Å². The van der Waals surface area contributed by atoms with E-state index in [2.05, 4.69) is 6.92 Å². The van der Waals surface area contributed by atoms with E-state index in [1.165, 1.54) is 0 Å². The molecule has 1 aliphatic heterocycles. The van der Waals surface area contributed by atoms with Crippen LogP contribution in [0.3, 0.4) is 0 Å². The molecule has 0 radical (unpaired) electrons. The van der Waals surface area contributed by atoms with E-state index in [0.717, 1.165) is 25.7 Å². The number of hydrogen-bond donors (Lipinski definition) is 1. The largest absolute Gasteiger partial charge is 1.00 e. The average molecular weight is 317 g/mol. The van der Waals surface area contributed by atoms with Gasteiger partial charge in [0.1, 0.15) is 0 Å². The molecule has 19 heavy (non-hydrogen) atoms. The molecule has 5 nitrogen and oxygen atoms in total. The Morgan fingerprint density at radius 3 is 2.16 bits per heavy atom. The van der Waals surface area contributed by atoms with Crippen molar-refractivity contribution in [3.05, 3.63) is 0 Å². The molecule has 7 heteroatoms. The SMILES string of the molecule is CC1(N)CCS(=O)(=O)C1.CCCCCCC(=O)[O-].[K+]. The third kappa shape index (κ3) is 13.7. The number of carbonyl (C=O) groups excluding carboxylic acids is 1. The zero-order valence-corrected chi connectivity index (χ0v) is 16.2. The van der Waals surface area contributed by atoms with Gasteiger partial charge in [0.2, 0.25) is 0 Å². The number of carbonyl (C=O) groups is 1. The quantitative estimate of drug-likeness (QED) is 0.437. The normalized spacial score (nSPS) is 23.9. The molecule has 0 aromatic carbocycles. The Morgan fingerprint density at radius 1 is 1.32 bits per heavy atom. The van der Waals surface area contributed by atoms with E-state index in [1.807, 2.05) is 0 Å². The Labute approximate surface area is 159 Å². The van der Waals surface area contributed by atoms with Crippen molar-refractivity contribution in [3.8, 4) is 0 Å². The van der Waals surface area contributed by atoms with Crippen LogP contribution in [0, 0.1) is 0 Å². The molecule has 1 fully saturated rings. The fourth-order valence-corrected chi connectivity index (χ4v) is 3.80. The molecule has 1 atom stereocenters. The van der Waals surface area contributed by atoms with Gasteiger partial charge < -0.3 is 15.6 Å². The van der Waals surface area contributed by atoms with Crippen molar-refractivity contribution in [1.82, 2.24) is 0 Å². The maximum absolute atomic E-state index is 10.8. The van der Waals surface area contributed by atoms with E-state index < -0.39 is 21.3 Å². The van der Waals surface area contributed by atoms with Crippen LogP contribution in [0.5, 0.6) is 0 Å². The molecule has 1 saturated heterocycles. The van der Waals surface area contributed by atoms with Crippen LogP contribution in [0.15, 0.2) is 0 Å². The maximum Gasteiger partial charge on any atom is 1.00 e. The summed E-state index contributed by atoms with van der Waals surface area (Å²) in [6.45, 7) is 3.87. The first-order chi connectivity index (χ1) is 8.18. The van der Waals surface area contributed by atoms with E-state index in [4.69, 9.17) is 5.73 Å². The van der Waals surface area contributed by atoms with Crippen LogP contribution < -0.4 is 62.2 Å². The molecule has 2 N–H and O–H groups in total. The van der Waals surface area contributed by atoms with Crippen LogP contribution in [0.25, 0.3) is 0 Å². The zero-order chi connectivity index (χ0) is 14.2. The summed E-state index contributed by atoms with van der Waals surface area (Å²) in [6.07, 6.45) is 4.90. The number of rotatable bonds is 5. The monoisotopic (exact) mass is 317 g/mol. The minimum Gasteiger partial charge on any atom is -0.550 e. The van der Waals surface area contributed by atoms with E-state index in [1.54, 1.807) is 6.92 Å². The van der Waals surface area contributed by atoms with Gasteiger partial charge in [-0.25, -0.2) is 8.42 Å². The Hall–Kier alpha value is 1.02. The third-order valence-electron chi connectivity index (χ3n) is 2.77. The van der Waals surface area contributed by atoms with Crippen molar-refractivity contribution in [2.45, 2.75) is 57.9 Å². The van der Waals surface area contributed by atoms with E-state index in [-0.39, 0.29) is 69.3 Å². The van der Waals surface area contributed by atoms with Crippen LogP contribution in [0.2, 0.25) is 0 Å². The Balaban J connectivity index is 0. The Bertz CT molecular complexity index is 355. The first-order valence-corrected chi connectivity index (χ1v) is 8.20. The second kappa shape index (κ2) is 10.7. The molecular formula is C12H24KNO4S. The molecule has 108 valence electrons. The summed E-state index contributed by atoms with van der Waals surface area (Å²) in [6, 6.07) is 0. The van der Waals surface area contributed by atoms with Gasteiger partial charge in [0.15, 0.2) is 9.84 Å². The standard InChI is InChI=1S/C7H14O2.C5H11NO2S.K/c1-2-3-4-5-6-7(8)9;1-5(6)2-3-9(7,8)4-5;/h2-6H2,1H3,(H,8,9);2-4,6H2,1H3;/q;;+1/p-1. The number of unbranched alkanes of at least 4 members (excludes halogenated alkanes) is 3. The second-order valence-corrected chi connectivity index (χ2v) is 7.36. The summed E-state index contributed by atoms with van der Waals surface area (Å²) in [5, 5.41) is 9.85. The van der Waals surface area contributed by atoms with Gasteiger partial charge in [-0.05, 0) is 26.2 Å². The fourth-order valence-electron chi connectivity index (χ4n) is 1.73. The van der Waals surface area contributed by atoms with Crippen molar-refractivity contribution in [3.63, 3.8) is 0 Å². The summed E-state index contributed by atoms with van der Waals surface area (Å²) in [4.78, 5) is 9.85. The average Bonchev–Trinajstić information content (AvgIpc) is 2.47. The fraction of sp³-hybridized carbons (Fsp3) is 0.917. The number of carboxylic acid groups (broad SMARTS) is 1. The van der Waals surface area contributed by atoms with Crippen molar-refractivity contribution >= 4 is 15.8 Å². The van der Waals surface area contributed by atoms with Gasteiger partial charge in [0, 0.05) is 11.5 Å². The van der Waals surface area contributed by atoms with E-state index >= 15 is 0 Å². The van der Waals surface area contributed by atoms with Crippen LogP contribution in [-0.2, 0) is 14.6 Å². The molecular weight excluding hydrogens is 293 g/mol. The van der Waals surface area contributed by atoms with Gasteiger partial charge in [0.25, 0.3) is 0 Å². The van der Waals surface area contributed by atoms with Gasteiger partial charge in [-0.2, -0.15) is 0 Å². The van der Waals surface area contributed by atoms with Crippen LogP contribution in [-0.4, -0.2) is 31.4 Å². The minimum absolute atomic E-state index is 0. The Kier molecular flexibility index (Phi) is 12.6. The molecule has 1 unspecified atom stereocenters. The topological polar surface area (TPSA) is 100 Å². The van der Waals surface area contributed by atoms with Crippen molar-refractivity contribution in [1.29, 1.82) is 0 Å². The summed E-state index contributed by atoms with van der Waals surface area (Å²) < 4.78 is 21.5. The molecule has 0 aliphatic carbocycles. The van der Waals surface area contributed by atoms with Crippen LogP contribution >= 0.6 is 0 Å². The molecule has 0 spiro atoms. The number of sulfone groups is 1. The first kappa shape index (κ1) is 22.3. The number of aliphatic carboxylic acids is 1. The van der Waals surface area contributed by atoms with E-state index in [0.29, 0.717) is 6.42 Å². The summed E-state index contributed by atoms with van der Waals surface area (Å²) in [5.41, 5.74) is 5.11. The summed E-state index contributed by atoms with van der Waals surface area (Å²) >= 11 is 0. The van der Waals surface area contributed by atoms with Crippen LogP contribution in [0.1, 0.15) is 52.4 Å². The predicted octanol–water partition coefficient (Wildman–Crippen LogP) is -2.77. The molecule has 0 aromatic heterocycles. The smallest absolute Gasteiger partial charge is 0.550 e. The van der Waals surface area contributed by atoms with Gasteiger partial charge in [-0.15, -0.1) is 0 Å². The van der Waals surface area contributed by atoms with Gasteiger partial charge in [-0.3, -0.25) is 0 Å². The second-order valence-electron chi connectivity index (χ2n) is 5.18. The predicted molar refractivity (Wildman–Crippen MR) is 69.6 cm³/mol. The van der Waals surface area contributed by atoms with Gasteiger partial charge in [-0.1, -0.05) is 26.2 Å². The molecule has 0 bridgehead atoms. The first-order valence-electron chi connectivity index (χ1n) is 6.38. The van der Waals surface area contributed by atoms with Gasteiger partial charge in [0.05, 0.1) is 11.5 Å². The summed E-state index contributed by atoms with van der Waals surface area (Å²) in [5.74, 6) is -0.508. The zero-order valence-electron chi connectivity index (χ0n) is 12.3. The van der Waals surface area contributed by atoms with Crippen molar-refractivity contribution in [2.24, 2.45) is 5.73 Å². The maximum atomic E-state index is 10.8. The molecule has 1 rings (SSSR count). The molecule has 1 aliphatic rings. The number of hydrogen-bond acceptors (Lipinski definition) is 5.